The van der Waals surface area contributed by atoms with Crippen molar-refractivity contribution in [3.05, 3.63) is 131 Å². The average molecular weight is 1010 g/mol. The van der Waals surface area contributed by atoms with E-state index in [4.69, 9.17) is 21.9 Å². The van der Waals surface area contributed by atoms with Crippen molar-refractivity contribution in [2.45, 2.75) is 94.5 Å². The standard InChI is InChI=1S/C52H67N11O10/c1-32(64)59-43(30-35-17-21-37(65)22-18-35)50(71)60-40(51(72)63(4)44(47(54)68)31-34-14-9-6-10-15-34)25-26-45(66)73-38-23-19-36(20-24-38)29-42(57-3)49(70)62-52(55)58-27-11-16-39(56-2)48(69)61-41(46(53)67)28-33-12-7-5-8-13-33/h5-10,12-15,17-24,39-44,56-57,65H,11,16,25-31H2,1-4H3,(H2,53,67)(H2,54,68)(H,59,64)(H,60,71)(H,61,69)(H3,55,58,62,70)/t39-,40-,41-,42-,43-,44-/m0/s1. The van der Waals surface area contributed by atoms with Crippen molar-refractivity contribution in [3.8, 4) is 11.5 Å². The number of primary amides is 2. The molecule has 4 aromatic carbocycles. The van der Waals surface area contributed by atoms with Gasteiger partial charge in [-0.05, 0) is 86.3 Å². The summed E-state index contributed by atoms with van der Waals surface area (Å²) in [5.41, 5.74) is 20.2. The molecule has 0 aromatic heterocycles. The summed E-state index contributed by atoms with van der Waals surface area (Å²) in [5.74, 6) is -4.98. The van der Waals surface area contributed by atoms with Gasteiger partial charge < -0.3 is 58.5 Å². The smallest absolute Gasteiger partial charge is 0.311 e. The quantitative estimate of drug-likeness (QED) is 0.0118. The summed E-state index contributed by atoms with van der Waals surface area (Å²) < 4.78 is 5.58. The van der Waals surface area contributed by atoms with Gasteiger partial charge in [-0.2, -0.15) is 0 Å². The molecule has 0 saturated carbocycles. The number of carbonyl (C=O) groups excluding carboxylic acids is 8. The Labute approximate surface area is 424 Å². The van der Waals surface area contributed by atoms with Gasteiger partial charge in [-0.15, -0.1) is 0 Å². The summed E-state index contributed by atoms with van der Waals surface area (Å²) in [7, 11) is 4.60. The number of hydrogen-bond acceptors (Lipinski definition) is 13. The van der Waals surface area contributed by atoms with Gasteiger partial charge in [0.25, 0.3) is 0 Å². The van der Waals surface area contributed by atoms with E-state index in [1.807, 2.05) is 30.3 Å². The van der Waals surface area contributed by atoms with Crippen LogP contribution in [-0.4, -0.2) is 127 Å². The van der Waals surface area contributed by atoms with E-state index in [1.165, 1.54) is 38.2 Å². The maximum absolute atomic E-state index is 14.1. The number of nitrogens with two attached hydrogens (primary N) is 3. The van der Waals surface area contributed by atoms with Gasteiger partial charge in [-0.1, -0.05) is 84.9 Å². The summed E-state index contributed by atoms with van der Waals surface area (Å²) in [6.45, 7) is 1.43. The van der Waals surface area contributed by atoms with Gasteiger partial charge in [0.15, 0.2) is 5.96 Å². The van der Waals surface area contributed by atoms with E-state index in [9.17, 15) is 43.5 Å². The fourth-order valence-corrected chi connectivity index (χ4v) is 7.72. The molecule has 6 atom stereocenters. The largest absolute Gasteiger partial charge is 0.508 e. The van der Waals surface area contributed by atoms with Crippen molar-refractivity contribution in [1.29, 1.82) is 0 Å². The number of carbonyl (C=O) groups is 8. The van der Waals surface area contributed by atoms with Crippen LogP contribution in [0.5, 0.6) is 11.5 Å². The van der Waals surface area contributed by atoms with Gasteiger partial charge in [-0.3, -0.25) is 48.7 Å². The number of nitrogens with zero attached hydrogens (tertiary/aromatic N) is 2. The Morgan fingerprint density at radius 1 is 0.589 bits per heavy atom. The van der Waals surface area contributed by atoms with E-state index in [0.717, 1.165) is 16.0 Å². The van der Waals surface area contributed by atoms with E-state index >= 15 is 0 Å². The molecular weight excluding hydrogens is 939 g/mol. The van der Waals surface area contributed by atoms with E-state index in [2.05, 4.69) is 36.9 Å². The summed E-state index contributed by atoms with van der Waals surface area (Å²) in [4.78, 5) is 110. The lowest BCUT2D eigenvalue weighted by atomic mass is 10.0. The predicted molar refractivity (Wildman–Crippen MR) is 273 cm³/mol. The molecule has 0 spiro atoms. The van der Waals surface area contributed by atoms with Crippen LogP contribution in [0.2, 0.25) is 0 Å². The molecule has 0 saturated heterocycles. The molecule has 4 rings (SSSR count). The third-order valence-electron chi connectivity index (χ3n) is 11.8. The number of phenols is 1. The molecule has 390 valence electrons. The van der Waals surface area contributed by atoms with Crippen LogP contribution < -0.4 is 53.8 Å². The second-order valence-corrected chi connectivity index (χ2v) is 17.3. The number of aromatic hydroxyl groups is 1. The van der Waals surface area contributed by atoms with Crippen LogP contribution in [-0.2, 0) is 64.0 Å². The van der Waals surface area contributed by atoms with Crippen molar-refractivity contribution in [2.75, 3.05) is 27.7 Å². The lowest BCUT2D eigenvalue weighted by Crippen LogP contribution is -2.57. The number of ether oxygens (including phenoxy) is 1. The number of phenolic OH excluding ortho intramolecular Hbond substituents is 1. The lowest BCUT2D eigenvalue weighted by Gasteiger charge is -2.31. The highest BCUT2D eigenvalue weighted by Gasteiger charge is 2.34. The van der Waals surface area contributed by atoms with Crippen molar-refractivity contribution < 1.29 is 48.2 Å². The monoisotopic (exact) mass is 1010 g/mol. The number of aliphatic imine (C=N–C) groups is 1. The first-order chi connectivity index (χ1) is 34.9. The first kappa shape index (κ1) is 57.4. The second-order valence-electron chi connectivity index (χ2n) is 17.3. The lowest BCUT2D eigenvalue weighted by molar-refractivity contribution is -0.142. The Morgan fingerprint density at radius 2 is 1.10 bits per heavy atom. The van der Waals surface area contributed by atoms with Crippen molar-refractivity contribution in [1.82, 2.24) is 36.8 Å². The fraction of sp³-hybridized carbons (Fsp3) is 0.365. The van der Waals surface area contributed by atoms with E-state index in [1.54, 1.807) is 68.7 Å². The molecule has 4 aromatic rings. The number of likely N-dealkylation sites (N-methyl/N-ethyl adjacent to an activating group) is 3. The van der Waals surface area contributed by atoms with Gasteiger partial charge >= 0.3 is 5.97 Å². The van der Waals surface area contributed by atoms with E-state index in [0.29, 0.717) is 24.0 Å². The van der Waals surface area contributed by atoms with Crippen LogP contribution in [0.25, 0.3) is 0 Å². The number of amides is 7. The summed E-state index contributed by atoms with van der Waals surface area (Å²) >= 11 is 0. The summed E-state index contributed by atoms with van der Waals surface area (Å²) in [6, 6.07) is 24.6. The van der Waals surface area contributed by atoms with Gasteiger partial charge in [-0.25, -0.2) is 0 Å². The maximum atomic E-state index is 14.1. The minimum Gasteiger partial charge on any atom is -0.508 e. The Kier molecular flexibility index (Phi) is 23.0. The van der Waals surface area contributed by atoms with Gasteiger partial charge in [0.2, 0.25) is 41.4 Å². The van der Waals surface area contributed by atoms with Crippen molar-refractivity contribution >= 4 is 53.3 Å². The molecule has 0 bridgehead atoms. The zero-order valence-electron chi connectivity index (χ0n) is 41.5. The molecule has 73 heavy (non-hydrogen) atoms. The highest BCUT2D eigenvalue weighted by molar-refractivity contribution is 5.99. The van der Waals surface area contributed by atoms with Gasteiger partial charge in [0.05, 0.1) is 12.1 Å². The number of esters is 1. The van der Waals surface area contributed by atoms with Crippen LogP contribution in [0.1, 0.15) is 54.9 Å². The molecule has 0 heterocycles. The van der Waals surface area contributed by atoms with Crippen molar-refractivity contribution in [3.63, 3.8) is 0 Å². The molecule has 0 aliphatic rings. The molecule has 0 fully saturated rings. The number of benzene rings is 4. The zero-order valence-corrected chi connectivity index (χ0v) is 41.5. The molecular formula is C52H67N11O10. The number of nitrogens with one attached hydrogen (secondary N) is 6. The molecule has 0 unspecified atom stereocenters. The van der Waals surface area contributed by atoms with Gasteiger partial charge in [0, 0.05) is 46.2 Å². The molecule has 0 aliphatic carbocycles. The first-order valence-corrected chi connectivity index (χ1v) is 23.7. The highest BCUT2D eigenvalue weighted by atomic mass is 16.5. The van der Waals surface area contributed by atoms with E-state index < -0.39 is 83.6 Å². The molecule has 0 aliphatic heterocycles. The SMILES string of the molecule is CN[C@@H](Cc1ccc(OC(=O)CC[C@H](NC(=O)[C@H](Cc2ccc(O)cc2)NC(C)=O)C(=O)N(C)[C@@H](Cc2ccccc2)C(N)=O)cc1)C(=O)NC(N)=NCCC[C@H](NC)C(=O)N[C@@H](Cc1ccccc1)C(N)=O. The van der Waals surface area contributed by atoms with Crippen LogP contribution in [0.15, 0.2) is 114 Å². The summed E-state index contributed by atoms with van der Waals surface area (Å²) in [5, 5.41) is 26.2. The van der Waals surface area contributed by atoms with Crippen LogP contribution in [0.4, 0.5) is 0 Å². The zero-order chi connectivity index (χ0) is 53.5. The third-order valence-corrected chi connectivity index (χ3v) is 11.8. The number of rotatable bonds is 28. The van der Waals surface area contributed by atoms with Gasteiger partial charge in [0.1, 0.15) is 35.7 Å². The Hall–Kier alpha value is -8.17. The topological polar surface area (TPSA) is 332 Å². The third kappa shape index (κ3) is 19.5. The van der Waals surface area contributed by atoms with Crippen LogP contribution in [0.3, 0.4) is 0 Å². The van der Waals surface area contributed by atoms with E-state index in [-0.39, 0.29) is 62.5 Å². The Morgan fingerprint density at radius 3 is 1.64 bits per heavy atom. The number of hydrogen-bond donors (Lipinski definition) is 10. The second kappa shape index (κ2) is 29.2. The first-order valence-electron chi connectivity index (χ1n) is 23.7. The predicted octanol–water partition coefficient (Wildman–Crippen LogP) is 0.00740. The molecule has 0 radical (unpaired) electrons. The minimum atomic E-state index is -1.37. The number of guanidine groups is 1. The fourth-order valence-electron chi connectivity index (χ4n) is 7.72. The molecule has 21 nitrogen and oxygen atoms in total. The van der Waals surface area contributed by atoms with Crippen molar-refractivity contribution in [2.24, 2.45) is 22.2 Å². The Balaban J connectivity index is 1.34. The minimum absolute atomic E-state index is 0.00209. The normalized spacial score (nSPS) is 13.7. The Bertz CT molecular complexity index is 2510. The van der Waals surface area contributed by atoms with Crippen LogP contribution in [0, 0.1) is 0 Å². The maximum Gasteiger partial charge on any atom is 0.311 e. The molecule has 7 amide bonds. The molecule has 13 N–H and O–H groups in total. The summed E-state index contributed by atoms with van der Waals surface area (Å²) in [6.07, 6.45) is 0.686. The molecule has 21 heteroatoms. The highest BCUT2D eigenvalue weighted by Crippen LogP contribution is 2.18. The average Bonchev–Trinajstić information content (AvgIpc) is 3.36. The van der Waals surface area contributed by atoms with Crippen LogP contribution >= 0.6 is 0 Å².